The van der Waals surface area contributed by atoms with Crippen LogP contribution < -0.4 is 15.6 Å². The molecule has 34 heavy (non-hydrogen) atoms. The molecule has 3 N–H and O–H groups in total. The van der Waals surface area contributed by atoms with Crippen LogP contribution in [-0.4, -0.2) is 57.5 Å². The van der Waals surface area contributed by atoms with E-state index in [1.807, 2.05) is 0 Å². The van der Waals surface area contributed by atoms with E-state index >= 15 is 0 Å². The number of anilines is 2. The molecule has 2 aromatic heterocycles. The van der Waals surface area contributed by atoms with Gasteiger partial charge >= 0.3 is 0 Å². The monoisotopic (exact) mass is 525 g/mol. The lowest BCUT2D eigenvalue weighted by Crippen LogP contribution is -2.34. The van der Waals surface area contributed by atoms with Crippen LogP contribution in [0.4, 0.5) is 11.4 Å². The fourth-order valence-corrected chi connectivity index (χ4v) is 5.64. The van der Waals surface area contributed by atoms with Crippen molar-refractivity contribution in [2.45, 2.75) is 11.4 Å². The lowest BCUT2D eigenvalue weighted by atomic mass is 10.1. The summed E-state index contributed by atoms with van der Waals surface area (Å²) >= 11 is 1.27. The third-order valence-corrected chi connectivity index (χ3v) is 7.46. The second-order valence-corrected chi connectivity index (χ2v) is 11.5. The molecule has 1 aromatic carbocycles. The lowest BCUT2D eigenvalue weighted by molar-refractivity contribution is 0.181. The minimum Gasteiger partial charge on any atom is -0.505 e. The number of nitrogens with one attached hydrogen (secondary N) is 2. The van der Waals surface area contributed by atoms with Gasteiger partial charge in [0, 0.05) is 12.8 Å². The van der Waals surface area contributed by atoms with E-state index < -0.39 is 31.4 Å². The van der Waals surface area contributed by atoms with Crippen LogP contribution in [-0.2, 0) is 31.3 Å². The van der Waals surface area contributed by atoms with Gasteiger partial charge in [-0.15, -0.1) is 15.7 Å². The molecule has 1 aliphatic heterocycles. The highest BCUT2D eigenvalue weighted by Crippen LogP contribution is 2.35. The first kappa shape index (κ1) is 23.9. The molecular formula is C19H19N5O7S3. The molecule has 3 heterocycles. The van der Waals surface area contributed by atoms with Crippen molar-refractivity contribution in [1.29, 1.82) is 0 Å². The third-order valence-electron chi connectivity index (χ3n) is 4.66. The fourth-order valence-electron chi connectivity index (χ4n) is 3.23. The van der Waals surface area contributed by atoms with E-state index in [2.05, 4.69) is 19.5 Å². The highest BCUT2D eigenvalue weighted by atomic mass is 32.2. The molecule has 0 spiro atoms. The van der Waals surface area contributed by atoms with Crippen LogP contribution >= 0.6 is 11.3 Å². The number of hydrogen-bond donors (Lipinski definition) is 3. The van der Waals surface area contributed by atoms with E-state index in [0.717, 1.165) is 17.0 Å². The van der Waals surface area contributed by atoms with Gasteiger partial charge in [0.05, 0.1) is 30.0 Å². The van der Waals surface area contributed by atoms with E-state index in [4.69, 9.17) is 4.74 Å². The SMILES string of the molecule is COCCn1nc(-c2cccs2)c(O)c(C2=NS(=O)(=O)c3cc(NS(C)(=O)=O)ccc3N2)c1=O. The van der Waals surface area contributed by atoms with Crippen molar-refractivity contribution < 1.29 is 26.7 Å². The first-order valence-electron chi connectivity index (χ1n) is 9.61. The van der Waals surface area contributed by atoms with E-state index in [1.165, 1.54) is 30.6 Å². The summed E-state index contributed by atoms with van der Waals surface area (Å²) in [5, 5.41) is 19.7. The Kier molecular flexibility index (Phi) is 6.20. The Morgan fingerprint density at radius 2 is 2.06 bits per heavy atom. The minimum atomic E-state index is -4.36. The summed E-state index contributed by atoms with van der Waals surface area (Å²) in [7, 11) is -6.54. The molecule has 3 aromatic rings. The van der Waals surface area contributed by atoms with Crippen LogP contribution in [0.25, 0.3) is 10.6 Å². The zero-order valence-electron chi connectivity index (χ0n) is 17.8. The van der Waals surface area contributed by atoms with E-state index in [1.54, 1.807) is 17.5 Å². The number of methoxy groups -OCH3 is 1. The van der Waals surface area contributed by atoms with Crippen molar-refractivity contribution in [1.82, 2.24) is 9.78 Å². The molecular weight excluding hydrogens is 506 g/mol. The van der Waals surface area contributed by atoms with Crippen LogP contribution in [0.1, 0.15) is 5.56 Å². The second-order valence-electron chi connectivity index (χ2n) is 7.20. The average Bonchev–Trinajstić information content (AvgIpc) is 3.27. The Labute approximate surface area is 198 Å². The molecule has 0 fully saturated rings. The normalized spacial score (nSPS) is 14.7. The number of nitrogens with zero attached hydrogens (tertiary/aromatic N) is 3. The predicted molar refractivity (Wildman–Crippen MR) is 128 cm³/mol. The molecule has 180 valence electrons. The van der Waals surface area contributed by atoms with Gasteiger partial charge in [-0.2, -0.15) is 13.5 Å². The number of thiophene rings is 1. The molecule has 0 saturated carbocycles. The van der Waals surface area contributed by atoms with Gasteiger partial charge in [0.25, 0.3) is 15.6 Å². The predicted octanol–water partition coefficient (Wildman–Crippen LogP) is 1.26. The van der Waals surface area contributed by atoms with Gasteiger partial charge in [-0.25, -0.2) is 13.1 Å². The van der Waals surface area contributed by atoms with E-state index in [-0.39, 0.29) is 46.5 Å². The topological polar surface area (TPSA) is 169 Å². The van der Waals surface area contributed by atoms with Crippen LogP contribution in [0.5, 0.6) is 5.75 Å². The number of ether oxygens (including phenoxy) is 1. The summed E-state index contributed by atoms with van der Waals surface area (Å²) in [5.41, 5.74) is -0.974. The first-order valence-corrected chi connectivity index (χ1v) is 13.8. The molecule has 1 aliphatic rings. The van der Waals surface area contributed by atoms with Gasteiger partial charge < -0.3 is 15.2 Å². The molecule has 15 heteroatoms. The number of benzene rings is 1. The third kappa shape index (κ3) is 4.68. The minimum absolute atomic E-state index is 0.0268. The number of sulfonamides is 2. The number of fused-ring (bicyclic) bond motifs is 1. The highest BCUT2D eigenvalue weighted by Gasteiger charge is 2.31. The van der Waals surface area contributed by atoms with Crippen molar-refractivity contribution in [3.8, 4) is 16.3 Å². The smallest absolute Gasteiger partial charge is 0.286 e. The molecule has 0 bridgehead atoms. The zero-order chi connectivity index (χ0) is 24.7. The van der Waals surface area contributed by atoms with Crippen LogP contribution in [0, 0.1) is 0 Å². The second kappa shape index (κ2) is 8.83. The van der Waals surface area contributed by atoms with Crippen molar-refractivity contribution >= 4 is 48.6 Å². The Bertz CT molecular complexity index is 1560. The Morgan fingerprint density at radius 1 is 1.29 bits per heavy atom. The van der Waals surface area contributed by atoms with Crippen LogP contribution in [0.15, 0.2) is 49.8 Å². The molecule has 0 aliphatic carbocycles. The van der Waals surface area contributed by atoms with Crippen LogP contribution in [0.3, 0.4) is 0 Å². The van der Waals surface area contributed by atoms with E-state index in [9.17, 15) is 26.7 Å². The fraction of sp³-hybridized carbons (Fsp3) is 0.211. The average molecular weight is 526 g/mol. The number of rotatable bonds is 7. The van der Waals surface area contributed by atoms with Crippen molar-refractivity contribution in [2.24, 2.45) is 4.40 Å². The Hall–Kier alpha value is -3.27. The molecule has 0 saturated heterocycles. The Balaban J connectivity index is 1.87. The molecule has 12 nitrogen and oxygen atoms in total. The largest absolute Gasteiger partial charge is 0.505 e. The van der Waals surface area contributed by atoms with Gasteiger partial charge in [-0.1, -0.05) is 6.07 Å². The summed E-state index contributed by atoms with van der Waals surface area (Å²) in [6, 6.07) is 7.23. The molecule has 0 unspecified atom stereocenters. The Morgan fingerprint density at radius 3 is 2.71 bits per heavy atom. The summed E-state index contributed by atoms with van der Waals surface area (Å²) in [6.45, 7) is 0.205. The lowest BCUT2D eigenvalue weighted by Gasteiger charge is -2.20. The summed E-state index contributed by atoms with van der Waals surface area (Å²) in [5.74, 6) is -0.911. The maximum atomic E-state index is 13.1. The standard InChI is InChI=1S/C19H19N5O7S3/c1-31-8-7-24-19(26)15(17(25)16(21-24)13-4-3-9-32-13)18-20-12-6-5-11(22-33(2,27)28)10-14(12)34(29,30)23-18/h3-6,9-10,22,25H,7-8H2,1-2H3,(H,20,23). The number of aromatic nitrogens is 2. The van der Waals surface area contributed by atoms with Crippen molar-refractivity contribution in [3.05, 3.63) is 51.6 Å². The molecule has 4 rings (SSSR count). The molecule has 0 atom stereocenters. The maximum Gasteiger partial charge on any atom is 0.286 e. The first-order chi connectivity index (χ1) is 16.0. The maximum absolute atomic E-state index is 13.1. The van der Waals surface area contributed by atoms with E-state index in [0.29, 0.717) is 4.88 Å². The summed E-state index contributed by atoms with van der Waals surface area (Å²) in [6.07, 6.45) is 0.932. The van der Waals surface area contributed by atoms with Gasteiger partial charge in [0.1, 0.15) is 16.2 Å². The summed E-state index contributed by atoms with van der Waals surface area (Å²) < 4.78 is 60.9. The van der Waals surface area contributed by atoms with Crippen molar-refractivity contribution in [3.63, 3.8) is 0 Å². The van der Waals surface area contributed by atoms with Gasteiger partial charge in [-0.3, -0.25) is 9.52 Å². The number of aromatic hydroxyl groups is 1. The quantitative estimate of drug-likeness (QED) is 0.411. The van der Waals surface area contributed by atoms with Gasteiger partial charge in [0.2, 0.25) is 10.0 Å². The van der Waals surface area contributed by atoms with Crippen molar-refractivity contribution in [2.75, 3.05) is 30.0 Å². The van der Waals surface area contributed by atoms with Gasteiger partial charge in [0.15, 0.2) is 11.6 Å². The molecule has 0 amide bonds. The number of hydrogen-bond acceptors (Lipinski definition) is 10. The zero-order valence-corrected chi connectivity index (χ0v) is 20.3. The summed E-state index contributed by atoms with van der Waals surface area (Å²) in [4.78, 5) is 13.4. The van der Waals surface area contributed by atoms with Gasteiger partial charge in [-0.05, 0) is 29.6 Å². The van der Waals surface area contributed by atoms with Crippen LogP contribution in [0.2, 0.25) is 0 Å². The number of amidine groups is 1. The molecule has 0 radical (unpaired) electrons. The highest BCUT2D eigenvalue weighted by molar-refractivity contribution is 7.92.